The summed E-state index contributed by atoms with van der Waals surface area (Å²) in [7, 11) is 0. The first kappa shape index (κ1) is 9.15. The molecule has 4 heteroatoms. The van der Waals surface area contributed by atoms with Crippen molar-refractivity contribution in [1.82, 2.24) is 10.3 Å². The maximum absolute atomic E-state index is 11.7. The average molecular weight is 191 g/mol. The maximum atomic E-state index is 11.7. The van der Waals surface area contributed by atoms with Gasteiger partial charge in [0.05, 0.1) is 5.41 Å². The van der Waals surface area contributed by atoms with E-state index >= 15 is 0 Å². The van der Waals surface area contributed by atoms with Gasteiger partial charge in [0.25, 0.3) is 0 Å². The molecule has 1 fully saturated rings. The van der Waals surface area contributed by atoms with Crippen LogP contribution in [0.4, 0.5) is 0 Å². The van der Waals surface area contributed by atoms with Crippen LogP contribution in [-0.2, 0) is 10.2 Å². The molecule has 0 bridgehead atoms. The molecule has 0 spiro atoms. The summed E-state index contributed by atoms with van der Waals surface area (Å²) < 4.78 is 0. The third kappa shape index (κ3) is 1.19. The Kier molecular flexibility index (Phi) is 2.21. The van der Waals surface area contributed by atoms with Gasteiger partial charge < -0.3 is 11.1 Å². The topological polar surface area (TPSA) is 68.0 Å². The van der Waals surface area contributed by atoms with E-state index in [1.807, 2.05) is 12.1 Å². The van der Waals surface area contributed by atoms with Gasteiger partial charge in [-0.15, -0.1) is 0 Å². The lowest BCUT2D eigenvalue weighted by molar-refractivity contribution is -0.123. The molecule has 1 aromatic heterocycles. The molecule has 14 heavy (non-hydrogen) atoms. The highest BCUT2D eigenvalue weighted by atomic mass is 16.2. The minimum Gasteiger partial charge on any atom is -0.355 e. The van der Waals surface area contributed by atoms with Gasteiger partial charge in [-0.25, -0.2) is 0 Å². The molecule has 0 aliphatic carbocycles. The molecule has 4 nitrogen and oxygen atoms in total. The summed E-state index contributed by atoms with van der Waals surface area (Å²) in [6.45, 7) is 1.06. The van der Waals surface area contributed by atoms with Crippen LogP contribution in [-0.4, -0.2) is 24.0 Å². The fourth-order valence-corrected chi connectivity index (χ4v) is 1.93. The summed E-state index contributed by atoms with van der Waals surface area (Å²) in [4.78, 5) is 15.7. The van der Waals surface area contributed by atoms with Gasteiger partial charge in [-0.3, -0.25) is 9.78 Å². The number of hydrogen-bond donors (Lipinski definition) is 2. The van der Waals surface area contributed by atoms with Crippen LogP contribution in [0.3, 0.4) is 0 Å². The van der Waals surface area contributed by atoms with Crippen molar-refractivity contribution >= 4 is 5.91 Å². The van der Waals surface area contributed by atoms with Crippen LogP contribution >= 0.6 is 0 Å². The minimum absolute atomic E-state index is 0.0335. The van der Waals surface area contributed by atoms with Gasteiger partial charge in [-0.1, -0.05) is 0 Å². The van der Waals surface area contributed by atoms with E-state index < -0.39 is 5.41 Å². The van der Waals surface area contributed by atoms with Crippen molar-refractivity contribution in [2.45, 2.75) is 11.8 Å². The predicted molar refractivity (Wildman–Crippen MR) is 52.6 cm³/mol. The standard InChI is InChI=1S/C10H13N3O/c11-7-10(3-6-13-9(10)14)8-1-4-12-5-2-8/h1-2,4-5H,3,6-7,11H2,(H,13,14). The van der Waals surface area contributed by atoms with Crippen molar-refractivity contribution in [1.29, 1.82) is 0 Å². The maximum Gasteiger partial charge on any atom is 0.232 e. The number of aromatic nitrogens is 1. The quantitative estimate of drug-likeness (QED) is 0.680. The molecule has 0 saturated carbocycles. The Morgan fingerprint density at radius 1 is 1.50 bits per heavy atom. The van der Waals surface area contributed by atoms with E-state index in [2.05, 4.69) is 10.3 Å². The first-order valence-corrected chi connectivity index (χ1v) is 4.68. The zero-order valence-corrected chi connectivity index (χ0v) is 7.86. The highest BCUT2D eigenvalue weighted by molar-refractivity contribution is 5.90. The first-order chi connectivity index (χ1) is 6.79. The highest BCUT2D eigenvalue weighted by Gasteiger charge is 2.42. The Labute approximate surface area is 82.5 Å². The molecule has 1 aliphatic heterocycles. The summed E-state index contributed by atoms with van der Waals surface area (Å²) in [5.74, 6) is 0.0335. The van der Waals surface area contributed by atoms with E-state index in [0.29, 0.717) is 13.1 Å². The molecule has 1 aromatic rings. The number of carbonyl (C=O) groups is 1. The molecule has 74 valence electrons. The number of amides is 1. The molecular weight excluding hydrogens is 178 g/mol. The second-order valence-corrected chi connectivity index (χ2v) is 3.53. The second-order valence-electron chi connectivity index (χ2n) is 3.53. The van der Waals surface area contributed by atoms with E-state index in [4.69, 9.17) is 5.73 Å². The molecule has 1 saturated heterocycles. The third-order valence-electron chi connectivity index (χ3n) is 2.85. The Morgan fingerprint density at radius 2 is 2.21 bits per heavy atom. The van der Waals surface area contributed by atoms with Crippen molar-refractivity contribution in [3.8, 4) is 0 Å². The van der Waals surface area contributed by atoms with E-state index in [9.17, 15) is 4.79 Å². The SMILES string of the molecule is NCC1(c2ccncc2)CCNC1=O. The molecule has 0 aromatic carbocycles. The van der Waals surface area contributed by atoms with Crippen LogP contribution in [0.1, 0.15) is 12.0 Å². The van der Waals surface area contributed by atoms with Crippen molar-refractivity contribution in [2.75, 3.05) is 13.1 Å². The second kappa shape index (κ2) is 3.38. The van der Waals surface area contributed by atoms with Crippen molar-refractivity contribution in [3.05, 3.63) is 30.1 Å². The Balaban J connectivity index is 2.43. The number of nitrogens with zero attached hydrogens (tertiary/aromatic N) is 1. The van der Waals surface area contributed by atoms with Crippen LogP contribution in [0.2, 0.25) is 0 Å². The lowest BCUT2D eigenvalue weighted by Crippen LogP contribution is -2.42. The Morgan fingerprint density at radius 3 is 2.71 bits per heavy atom. The number of rotatable bonds is 2. The van der Waals surface area contributed by atoms with Gasteiger partial charge in [-0.05, 0) is 24.1 Å². The van der Waals surface area contributed by atoms with E-state index in [1.54, 1.807) is 12.4 Å². The third-order valence-corrected chi connectivity index (χ3v) is 2.85. The molecule has 3 N–H and O–H groups in total. The normalized spacial score (nSPS) is 26.2. The lowest BCUT2D eigenvalue weighted by Gasteiger charge is -2.24. The smallest absolute Gasteiger partial charge is 0.232 e. The fraction of sp³-hybridized carbons (Fsp3) is 0.400. The number of carbonyl (C=O) groups excluding carboxylic acids is 1. The molecule has 1 unspecified atom stereocenters. The van der Waals surface area contributed by atoms with E-state index in [0.717, 1.165) is 12.0 Å². The van der Waals surface area contributed by atoms with Gasteiger partial charge in [-0.2, -0.15) is 0 Å². The summed E-state index contributed by atoms with van der Waals surface area (Å²) in [6, 6.07) is 3.72. The van der Waals surface area contributed by atoms with Gasteiger partial charge in [0, 0.05) is 25.5 Å². The first-order valence-electron chi connectivity index (χ1n) is 4.68. The van der Waals surface area contributed by atoms with Gasteiger partial charge in [0.1, 0.15) is 0 Å². The molecule has 1 amide bonds. The average Bonchev–Trinajstić information content (AvgIpc) is 2.62. The van der Waals surface area contributed by atoms with Crippen molar-refractivity contribution in [2.24, 2.45) is 5.73 Å². The highest BCUT2D eigenvalue weighted by Crippen LogP contribution is 2.30. The van der Waals surface area contributed by atoms with Crippen LogP contribution < -0.4 is 11.1 Å². The van der Waals surface area contributed by atoms with Crippen LogP contribution in [0.15, 0.2) is 24.5 Å². The molecule has 0 radical (unpaired) electrons. The summed E-state index contributed by atoms with van der Waals surface area (Å²) in [5.41, 5.74) is 6.15. The molecular formula is C10H13N3O. The number of nitrogens with one attached hydrogen (secondary N) is 1. The van der Waals surface area contributed by atoms with Crippen molar-refractivity contribution < 1.29 is 4.79 Å². The summed E-state index contributed by atoms with van der Waals surface area (Å²) >= 11 is 0. The largest absolute Gasteiger partial charge is 0.355 e. The van der Waals surface area contributed by atoms with E-state index in [1.165, 1.54) is 0 Å². The van der Waals surface area contributed by atoms with Crippen LogP contribution in [0.25, 0.3) is 0 Å². The molecule has 1 aliphatic rings. The van der Waals surface area contributed by atoms with E-state index in [-0.39, 0.29) is 5.91 Å². The fourth-order valence-electron chi connectivity index (χ4n) is 1.93. The van der Waals surface area contributed by atoms with Gasteiger partial charge >= 0.3 is 0 Å². The zero-order valence-electron chi connectivity index (χ0n) is 7.86. The molecule has 1 atom stereocenters. The Bertz CT molecular complexity index is 338. The summed E-state index contributed by atoms with van der Waals surface area (Å²) in [5, 5.41) is 2.82. The van der Waals surface area contributed by atoms with Crippen LogP contribution in [0.5, 0.6) is 0 Å². The van der Waals surface area contributed by atoms with Gasteiger partial charge in [0.15, 0.2) is 0 Å². The number of nitrogens with two attached hydrogens (primary N) is 1. The molecule has 2 heterocycles. The number of pyridine rings is 1. The Hall–Kier alpha value is -1.42. The number of hydrogen-bond acceptors (Lipinski definition) is 3. The zero-order chi connectivity index (χ0) is 10.0. The molecule has 2 rings (SSSR count). The lowest BCUT2D eigenvalue weighted by atomic mass is 9.79. The minimum atomic E-state index is -0.525. The monoisotopic (exact) mass is 191 g/mol. The predicted octanol–water partition coefficient (Wildman–Crippen LogP) is -0.202. The summed E-state index contributed by atoms with van der Waals surface area (Å²) in [6.07, 6.45) is 4.16. The van der Waals surface area contributed by atoms with Crippen molar-refractivity contribution in [3.63, 3.8) is 0 Å². The van der Waals surface area contributed by atoms with Gasteiger partial charge in [0.2, 0.25) is 5.91 Å². The van der Waals surface area contributed by atoms with Crippen LogP contribution in [0, 0.1) is 0 Å².